The highest BCUT2D eigenvalue weighted by Crippen LogP contribution is 2.29. The Morgan fingerprint density at radius 1 is 1.32 bits per heavy atom. The summed E-state index contributed by atoms with van der Waals surface area (Å²) < 4.78 is 16.0. The fraction of sp³-hybridized carbons (Fsp3) is 0.533. The van der Waals surface area contributed by atoms with Crippen molar-refractivity contribution in [1.29, 1.82) is 0 Å². The van der Waals surface area contributed by atoms with Crippen LogP contribution in [0.2, 0.25) is 0 Å². The highest BCUT2D eigenvalue weighted by molar-refractivity contribution is 6.17. The highest BCUT2D eigenvalue weighted by atomic mass is 35.5. The lowest BCUT2D eigenvalue weighted by Gasteiger charge is -2.13. The molecule has 2 nitrogen and oxygen atoms in total. The molecular formula is C15H18ClFN2. The predicted octanol–water partition coefficient (Wildman–Crippen LogP) is 4.15. The molecule has 0 saturated heterocycles. The number of aryl methyl sites for hydroxylation is 1. The summed E-state index contributed by atoms with van der Waals surface area (Å²) in [6, 6.07) is 5.19. The van der Waals surface area contributed by atoms with Crippen molar-refractivity contribution < 1.29 is 4.39 Å². The molecule has 1 heterocycles. The van der Waals surface area contributed by atoms with Crippen LogP contribution >= 0.6 is 11.6 Å². The van der Waals surface area contributed by atoms with E-state index in [0.29, 0.717) is 23.7 Å². The van der Waals surface area contributed by atoms with Crippen molar-refractivity contribution >= 4 is 22.6 Å². The van der Waals surface area contributed by atoms with Gasteiger partial charge in [0.05, 0.1) is 5.52 Å². The molecule has 102 valence electrons. The molecule has 0 unspecified atom stereocenters. The van der Waals surface area contributed by atoms with E-state index >= 15 is 0 Å². The minimum absolute atomic E-state index is 0.238. The standard InChI is InChI=1S/C15H18ClFN2/c16-9-8-14-18-15-12(17)6-3-7-13(15)19(14)10-11-4-1-2-5-11/h3,6-7,11H,1-2,4-5,8-10H2. The number of hydrogen-bond donors (Lipinski definition) is 0. The Labute approximate surface area is 117 Å². The molecule has 4 heteroatoms. The summed E-state index contributed by atoms with van der Waals surface area (Å²) in [7, 11) is 0. The molecule has 1 fully saturated rings. The topological polar surface area (TPSA) is 17.8 Å². The molecule has 0 amide bonds. The molecule has 2 aromatic rings. The maximum absolute atomic E-state index is 13.8. The second kappa shape index (κ2) is 5.49. The van der Waals surface area contributed by atoms with E-state index in [1.54, 1.807) is 6.07 Å². The van der Waals surface area contributed by atoms with Crippen LogP contribution in [0.5, 0.6) is 0 Å². The number of aromatic nitrogens is 2. The van der Waals surface area contributed by atoms with E-state index in [1.807, 2.05) is 6.07 Å². The van der Waals surface area contributed by atoms with Crippen molar-refractivity contribution in [3.8, 4) is 0 Å². The Kier molecular flexibility index (Phi) is 3.74. The predicted molar refractivity (Wildman–Crippen MR) is 76.1 cm³/mol. The fourth-order valence-corrected chi connectivity index (χ4v) is 3.26. The fourth-order valence-electron chi connectivity index (χ4n) is 3.09. The first-order valence-corrected chi connectivity index (χ1v) is 7.52. The molecular weight excluding hydrogens is 263 g/mol. The number of fused-ring (bicyclic) bond motifs is 1. The van der Waals surface area contributed by atoms with Crippen molar-refractivity contribution in [2.24, 2.45) is 5.92 Å². The van der Waals surface area contributed by atoms with E-state index in [1.165, 1.54) is 31.7 Å². The Morgan fingerprint density at radius 2 is 2.11 bits per heavy atom. The minimum Gasteiger partial charge on any atom is -0.328 e. The van der Waals surface area contributed by atoms with E-state index in [-0.39, 0.29) is 5.82 Å². The Balaban J connectivity index is 2.02. The Bertz CT molecular complexity index is 573. The number of nitrogens with zero attached hydrogens (tertiary/aromatic N) is 2. The number of imidazole rings is 1. The Hall–Kier alpha value is -1.09. The third-order valence-corrected chi connectivity index (χ3v) is 4.23. The summed E-state index contributed by atoms with van der Waals surface area (Å²) >= 11 is 5.84. The number of rotatable bonds is 4. The average Bonchev–Trinajstić information content (AvgIpc) is 3.01. The normalized spacial score (nSPS) is 16.5. The van der Waals surface area contributed by atoms with Gasteiger partial charge in [0.2, 0.25) is 0 Å². The summed E-state index contributed by atoms with van der Waals surface area (Å²) in [4.78, 5) is 4.45. The molecule has 0 aliphatic heterocycles. The first kappa shape index (κ1) is 12.9. The summed E-state index contributed by atoms with van der Waals surface area (Å²) in [5.74, 6) is 1.91. The van der Waals surface area contributed by atoms with Crippen LogP contribution in [0.3, 0.4) is 0 Å². The molecule has 0 bridgehead atoms. The quantitative estimate of drug-likeness (QED) is 0.770. The summed E-state index contributed by atoms with van der Waals surface area (Å²) in [6.45, 7) is 0.951. The number of hydrogen-bond acceptors (Lipinski definition) is 1. The maximum Gasteiger partial charge on any atom is 0.151 e. The largest absolute Gasteiger partial charge is 0.328 e. The zero-order chi connectivity index (χ0) is 13.2. The van der Waals surface area contributed by atoms with Crippen LogP contribution in [-0.2, 0) is 13.0 Å². The molecule has 1 aliphatic rings. The average molecular weight is 281 g/mol. The van der Waals surface area contributed by atoms with Crippen LogP contribution in [0.25, 0.3) is 11.0 Å². The molecule has 1 aliphatic carbocycles. The molecule has 0 radical (unpaired) electrons. The van der Waals surface area contributed by atoms with Gasteiger partial charge in [-0.15, -0.1) is 11.6 Å². The summed E-state index contributed by atoms with van der Waals surface area (Å²) in [5.41, 5.74) is 1.40. The molecule has 1 aromatic heterocycles. The molecule has 1 aromatic carbocycles. The third kappa shape index (κ3) is 2.48. The number of alkyl halides is 1. The van der Waals surface area contributed by atoms with Crippen molar-refractivity contribution in [3.63, 3.8) is 0 Å². The van der Waals surface area contributed by atoms with E-state index < -0.39 is 0 Å². The summed E-state index contributed by atoms with van der Waals surface area (Å²) in [5, 5.41) is 0. The van der Waals surface area contributed by atoms with E-state index in [2.05, 4.69) is 9.55 Å². The molecule has 0 N–H and O–H groups in total. The van der Waals surface area contributed by atoms with Crippen molar-refractivity contribution in [2.75, 3.05) is 5.88 Å². The van der Waals surface area contributed by atoms with Gasteiger partial charge in [0.25, 0.3) is 0 Å². The molecule has 0 atom stereocenters. The van der Waals surface area contributed by atoms with Crippen LogP contribution in [0, 0.1) is 11.7 Å². The van der Waals surface area contributed by atoms with Crippen LogP contribution in [-0.4, -0.2) is 15.4 Å². The lowest BCUT2D eigenvalue weighted by atomic mass is 10.1. The first-order chi connectivity index (χ1) is 9.29. The van der Waals surface area contributed by atoms with Gasteiger partial charge in [-0.1, -0.05) is 18.9 Å². The maximum atomic E-state index is 13.8. The Morgan fingerprint density at radius 3 is 2.84 bits per heavy atom. The van der Waals surface area contributed by atoms with Gasteiger partial charge in [-0.05, 0) is 30.9 Å². The second-order valence-corrected chi connectivity index (χ2v) is 5.71. The number of para-hydroxylation sites is 1. The molecule has 19 heavy (non-hydrogen) atoms. The zero-order valence-electron chi connectivity index (χ0n) is 10.9. The summed E-state index contributed by atoms with van der Waals surface area (Å²) in [6.07, 6.45) is 5.87. The van der Waals surface area contributed by atoms with E-state index in [4.69, 9.17) is 11.6 Å². The molecule has 1 saturated carbocycles. The lowest BCUT2D eigenvalue weighted by Crippen LogP contribution is -2.11. The van der Waals surface area contributed by atoms with Gasteiger partial charge in [-0.25, -0.2) is 9.37 Å². The van der Waals surface area contributed by atoms with Crippen molar-refractivity contribution in [2.45, 2.75) is 38.6 Å². The third-order valence-electron chi connectivity index (χ3n) is 4.04. The van der Waals surface area contributed by atoms with Gasteiger partial charge in [0, 0.05) is 18.8 Å². The van der Waals surface area contributed by atoms with Gasteiger partial charge >= 0.3 is 0 Å². The lowest BCUT2D eigenvalue weighted by molar-refractivity contribution is 0.455. The van der Waals surface area contributed by atoms with E-state index in [9.17, 15) is 4.39 Å². The molecule has 0 spiro atoms. The second-order valence-electron chi connectivity index (χ2n) is 5.34. The monoisotopic (exact) mass is 280 g/mol. The zero-order valence-corrected chi connectivity index (χ0v) is 11.7. The minimum atomic E-state index is -0.238. The number of benzene rings is 1. The first-order valence-electron chi connectivity index (χ1n) is 6.99. The van der Waals surface area contributed by atoms with Gasteiger partial charge in [-0.2, -0.15) is 0 Å². The number of halogens is 2. The van der Waals surface area contributed by atoms with Crippen LogP contribution in [0.1, 0.15) is 31.5 Å². The van der Waals surface area contributed by atoms with Gasteiger partial charge in [-0.3, -0.25) is 0 Å². The highest BCUT2D eigenvalue weighted by Gasteiger charge is 2.19. The smallest absolute Gasteiger partial charge is 0.151 e. The van der Waals surface area contributed by atoms with Crippen molar-refractivity contribution in [1.82, 2.24) is 9.55 Å². The van der Waals surface area contributed by atoms with Crippen LogP contribution in [0.4, 0.5) is 4.39 Å². The van der Waals surface area contributed by atoms with Gasteiger partial charge in [0.1, 0.15) is 11.3 Å². The SMILES string of the molecule is Fc1cccc2c1nc(CCCl)n2CC1CCCC1. The van der Waals surface area contributed by atoms with Crippen LogP contribution < -0.4 is 0 Å². The van der Waals surface area contributed by atoms with Crippen LogP contribution in [0.15, 0.2) is 18.2 Å². The van der Waals surface area contributed by atoms with Crippen molar-refractivity contribution in [3.05, 3.63) is 29.8 Å². The van der Waals surface area contributed by atoms with E-state index in [0.717, 1.165) is 17.9 Å². The molecule has 3 rings (SSSR count). The van der Waals surface area contributed by atoms with Gasteiger partial charge < -0.3 is 4.57 Å². The van der Waals surface area contributed by atoms with Gasteiger partial charge in [0.15, 0.2) is 5.82 Å².